The van der Waals surface area contributed by atoms with Crippen molar-refractivity contribution in [3.05, 3.63) is 130 Å². The van der Waals surface area contributed by atoms with Gasteiger partial charge in [0, 0.05) is 66.7 Å². The van der Waals surface area contributed by atoms with Gasteiger partial charge in [0.15, 0.2) is 11.9 Å². The minimum absolute atomic E-state index is 0.165. The zero-order valence-electron chi connectivity index (χ0n) is 32.5. The molecule has 4 heterocycles. The number of allylic oxidation sites excluding steroid dienone is 2. The molecule has 2 spiro atoms. The van der Waals surface area contributed by atoms with Gasteiger partial charge in [0.05, 0.1) is 5.92 Å². The Labute approximate surface area is 334 Å². The number of carbonyl (C=O) groups is 3. The number of fused-ring (bicyclic) bond motifs is 4. The van der Waals surface area contributed by atoms with Crippen LogP contribution in [0.4, 0.5) is 5.69 Å². The number of phenols is 1. The molecule has 4 aliphatic carbocycles. The number of phenolic OH excluding ortho intramolecular Hbond substituents is 1. The van der Waals surface area contributed by atoms with Crippen LogP contribution in [0.2, 0.25) is 0 Å². The maximum atomic E-state index is 13.3. The summed E-state index contributed by atoms with van der Waals surface area (Å²) in [5, 5.41) is 12.6. The van der Waals surface area contributed by atoms with Gasteiger partial charge in [0.25, 0.3) is 0 Å². The van der Waals surface area contributed by atoms with Gasteiger partial charge in [-0.25, -0.2) is 0 Å². The third-order valence-corrected chi connectivity index (χ3v) is 15.2. The van der Waals surface area contributed by atoms with Gasteiger partial charge in [-0.05, 0) is 134 Å². The van der Waals surface area contributed by atoms with E-state index in [1.807, 2.05) is 12.1 Å². The van der Waals surface area contributed by atoms with Gasteiger partial charge in [-0.1, -0.05) is 54.6 Å². The second-order valence-corrected chi connectivity index (χ2v) is 18.7. The summed E-state index contributed by atoms with van der Waals surface area (Å²) in [6, 6.07) is 27.0. The van der Waals surface area contributed by atoms with Crippen LogP contribution in [0.5, 0.6) is 5.75 Å². The van der Waals surface area contributed by atoms with E-state index in [2.05, 4.69) is 87.9 Å². The Kier molecular flexibility index (Phi) is 8.22. The number of carbonyl (C=O) groups excluding carboxylic acids is 3. The lowest BCUT2D eigenvalue weighted by Crippen LogP contribution is -2.62. The first kappa shape index (κ1) is 35.2. The fraction of sp³-hybridized carbons (Fsp3) is 0.449. The quantitative estimate of drug-likeness (QED) is 0.260. The highest BCUT2D eigenvalue weighted by Crippen LogP contribution is 2.56. The smallest absolute Gasteiger partial charge is 0.233 e. The minimum Gasteiger partial charge on any atom is -0.508 e. The molecule has 0 bridgehead atoms. The normalized spacial score (nSPS) is 30.2. The Bertz CT molecular complexity index is 2240. The summed E-state index contributed by atoms with van der Waals surface area (Å²) >= 11 is 0. The lowest BCUT2D eigenvalue weighted by atomic mass is 9.66. The summed E-state index contributed by atoms with van der Waals surface area (Å²) in [5.41, 5.74) is 9.46. The highest BCUT2D eigenvalue weighted by Gasteiger charge is 2.53. The number of nitrogens with zero attached hydrogens (tertiary/aromatic N) is 2. The van der Waals surface area contributed by atoms with E-state index >= 15 is 0 Å². The molecule has 4 fully saturated rings. The van der Waals surface area contributed by atoms with Crippen molar-refractivity contribution in [1.82, 2.24) is 10.2 Å². The number of aryl methyl sites for hydroxylation is 1. The number of piperidine rings is 1. The SMILES string of the molecule is O=C1CCC(C2OC3=CCC4CC5(C=C4C3=CC2=O)CN(C2CCC3(CC2)CN(c2ccc([C@@H]4c6ccc(O)cc6CC[C@@H]4c4ccccc4)cc2)C3)C5)C(=O)N1. The summed E-state index contributed by atoms with van der Waals surface area (Å²) in [4.78, 5) is 42.8. The molecule has 3 saturated heterocycles. The third-order valence-electron chi connectivity index (χ3n) is 15.2. The second-order valence-electron chi connectivity index (χ2n) is 18.7. The predicted octanol–water partition coefficient (Wildman–Crippen LogP) is 7.49. The van der Waals surface area contributed by atoms with Crippen molar-refractivity contribution in [3.8, 4) is 5.75 Å². The number of hydrogen-bond donors (Lipinski definition) is 2. The van der Waals surface area contributed by atoms with Gasteiger partial charge in [-0.2, -0.15) is 0 Å². The molecule has 292 valence electrons. The Morgan fingerprint density at radius 3 is 2.35 bits per heavy atom. The van der Waals surface area contributed by atoms with Gasteiger partial charge in [0.2, 0.25) is 11.8 Å². The van der Waals surface area contributed by atoms with E-state index in [4.69, 9.17) is 4.74 Å². The van der Waals surface area contributed by atoms with E-state index in [1.165, 1.54) is 59.2 Å². The van der Waals surface area contributed by atoms with Crippen molar-refractivity contribution in [1.29, 1.82) is 0 Å². The first-order chi connectivity index (χ1) is 27.7. The molecule has 8 heteroatoms. The molecule has 0 radical (unpaired) electrons. The van der Waals surface area contributed by atoms with Crippen molar-refractivity contribution in [2.75, 3.05) is 31.1 Å². The maximum Gasteiger partial charge on any atom is 0.233 e. The van der Waals surface area contributed by atoms with Gasteiger partial charge >= 0.3 is 0 Å². The van der Waals surface area contributed by atoms with E-state index in [1.54, 1.807) is 6.08 Å². The zero-order valence-corrected chi connectivity index (χ0v) is 32.5. The summed E-state index contributed by atoms with van der Waals surface area (Å²) in [7, 11) is 0. The molecular formula is C49H51N3O5. The monoisotopic (exact) mass is 761 g/mol. The molecule has 2 N–H and O–H groups in total. The summed E-state index contributed by atoms with van der Waals surface area (Å²) in [6.45, 7) is 4.48. The molecule has 1 saturated carbocycles. The Hall–Kier alpha value is -4.95. The van der Waals surface area contributed by atoms with Gasteiger partial charge in [0.1, 0.15) is 11.5 Å². The number of imide groups is 1. The van der Waals surface area contributed by atoms with Crippen LogP contribution in [0.25, 0.3) is 0 Å². The van der Waals surface area contributed by atoms with Crippen LogP contribution in [0.3, 0.4) is 0 Å². The zero-order chi connectivity index (χ0) is 38.5. The van der Waals surface area contributed by atoms with Crippen LogP contribution in [-0.4, -0.2) is 65.9 Å². The maximum absolute atomic E-state index is 13.3. The van der Waals surface area contributed by atoms with Gasteiger partial charge in [-0.15, -0.1) is 0 Å². The molecule has 4 aliphatic heterocycles. The summed E-state index contributed by atoms with van der Waals surface area (Å²) in [5.74, 6) is 0.701. The highest BCUT2D eigenvalue weighted by atomic mass is 16.5. The molecule has 0 aromatic heterocycles. The highest BCUT2D eigenvalue weighted by molar-refractivity contribution is 6.04. The van der Waals surface area contributed by atoms with Crippen LogP contribution >= 0.6 is 0 Å². The van der Waals surface area contributed by atoms with Crippen molar-refractivity contribution in [3.63, 3.8) is 0 Å². The van der Waals surface area contributed by atoms with Crippen molar-refractivity contribution < 1.29 is 24.2 Å². The van der Waals surface area contributed by atoms with Gasteiger partial charge < -0.3 is 14.7 Å². The fourth-order valence-corrected chi connectivity index (χ4v) is 12.3. The minimum atomic E-state index is -0.853. The molecule has 8 nitrogen and oxygen atoms in total. The summed E-state index contributed by atoms with van der Waals surface area (Å²) in [6.07, 6.45) is 15.2. The van der Waals surface area contributed by atoms with Crippen molar-refractivity contribution >= 4 is 23.3 Å². The first-order valence-electron chi connectivity index (χ1n) is 21.4. The van der Waals surface area contributed by atoms with Crippen LogP contribution in [0.1, 0.15) is 91.9 Å². The van der Waals surface area contributed by atoms with Crippen LogP contribution < -0.4 is 10.2 Å². The number of hydrogen-bond acceptors (Lipinski definition) is 7. The average molecular weight is 762 g/mol. The summed E-state index contributed by atoms with van der Waals surface area (Å²) < 4.78 is 6.24. The lowest BCUT2D eigenvalue weighted by molar-refractivity contribution is -0.144. The number of likely N-dealkylation sites (tertiary alicyclic amines) is 1. The number of ketones is 1. The van der Waals surface area contributed by atoms with E-state index in [0.29, 0.717) is 35.5 Å². The first-order valence-corrected chi connectivity index (χ1v) is 21.4. The van der Waals surface area contributed by atoms with E-state index in [0.717, 1.165) is 63.2 Å². The van der Waals surface area contributed by atoms with E-state index in [9.17, 15) is 19.5 Å². The van der Waals surface area contributed by atoms with Crippen LogP contribution in [-0.2, 0) is 25.5 Å². The second kappa shape index (κ2) is 13.3. The Morgan fingerprint density at radius 1 is 0.807 bits per heavy atom. The number of anilines is 1. The average Bonchev–Trinajstić information content (AvgIpc) is 3.61. The van der Waals surface area contributed by atoms with Crippen LogP contribution in [0, 0.1) is 22.7 Å². The van der Waals surface area contributed by atoms with E-state index < -0.39 is 17.9 Å². The molecule has 2 amide bonds. The van der Waals surface area contributed by atoms with Gasteiger partial charge in [-0.3, -0.25) is 24.6 Å². The van der Waals surface area contributed by atoms with E-state index in [-0.39, 0.29) is 29.4 Å². The number of benzene rings is 3. The molecule has 57 heavy (non-hydrogen) atoms. The molecule has 8 aliphatic rings. The molecular weight excluding hydrogens is 711 g/mol. The van der Waals surface area contributed by atoms with Crippen molar-refractivity contribution in [2.45, 2.75) is 88.2 Å². The number of aromatic hydroxyl groups is 1. The Balaban J connectivity index is 0.706. The lowest BCUT2D eigenvalue weighted by Gasteiger charge is -2.58. The third kappa shape index (κ3) is 6.00. The standard InChI is InChI=1S/C49H51N3O5/c53-36-12-14-38-32(22-36)8-13-37(30-4-2-1-3-5-30)45(38)31-6-10-34(11-7-31)51-26-48(27-51)20-18-35(19-21-48)52-28-49(29-52)24-33-9-16-43-40(41(33)25-49)23-42(54)46(57-43)39-15-17-44(55)50-47(39)56/h1-7,10-12,14,16,22-23,25,33,35,37,39,45-46,53H,8-9,13,15,17-21,24,26-29H2,(H,50,55,56)/t33?,37-,39?,45+,46?/m1/s1. The molecule has 3 unspecified atom stereocenters. The molecule has 5 atom stereocenters. The van der Waals surface area contributed by atoms with Crippen LogP contribution in [0.15, 0.2) is 108 Å². The molecule has 3 aromatic rings. The topological polar surface area (TPSA) is 99.2 Å². The van der Waals surface area contributed by atoms with Crippen molar-refractivity contribution in [2.24, 2.45) is 22.7 Å². The number of ether oxygens (including phenoxy) is 1. The molecule has 11 rings (SSSR count). The number of nitrogens with one attached hydrogen (secondary N) is 1. The number of rotatable bonds is 5. The number of amides is 2. The predicted molar refractivity (Wildman–Crippen MR) is 218 cm³/mol. The Morgan fingerprint density at radius 2 is 1.58 bits per heavy atom. The largest absolute Gasteiger partial charge is 0.508 e. The fourth-order valence-electron chi connectivity index (χ4n) is 12.3. The molecule has 3 aromatic carbocycles.